The van der Waals surface area contributed by atoms with Crippen molar-refractivity contribution in [1.29, 1.82) is 0 Å². The van der Waals surface area contributed by atoms with E-state index in [1.165, 1.54) is 0 Å². The Labute approximate surface area is 114 Å². The molecule has 0 radical (unpaired) electrons. The van der Waals surface area contributed by atoms with Gasteiger partial charge in [-0.2, -0.15) is 5.10 Å². The van der Waals surface area contributed by atoms with Crippen molar-refractivity contribution < 1.29 is 9.90 Å². The van der Waals surface area contributed by atoms with Crippen LogP contribution in [0.25, 0.3) is 0 Å². The highest BCUT2D eigenvalue weighted by atomic mass is 16.3. The molecule has 19 heavy (non-hydrogen) atoms. The molecule has 0 bridgehead atoms. The average molecular weight is 265 g/mol. The van der Waals surface area contributed by atoms with E-state index in [2.05, 4.69) is 18.9 Å². The smallest absolute Gasteiger partial charge is 0.272 e. The zero-order valence-corrected chi connectivity index (χ0v) is 11.7. The number of aliphatic hydroxyl groups is 1. The minimum Gasteiger partial charge on any atom is -0.395 e. The van der Waals surface area contributed by atoms with Gasteiger partial charge in [0.15, 0.2) is 0 Å². The molecule has 1 aliphatic carbocycles. The van der Waals surface area contributed by atoms with E-state index < -0.39 is 0 Å². The maximum atomic E-state index is 12.6. The Balaban J connectivity index is 2.20. The molecule has 0 aromatic carbocycles. The maximum Gasteiger partial charge on any atom is 0.272 e. The van der Waals surface area contributed by atoms with Gasteiger partial charge in [-0.3, -0.25) is 9.48 Å². The van der Waals surface area contributed by atoms with Crippen molar-refractivity contribution in [3.8, 4) is 0 Å². The van der Waals surface area contributed by atoms with Crippen LogP contribution in [-0.4, -0.2) is 44.9 Å². The molecule has 106 valence electrons. The van der Waals surface area contributed by atoms with Crippen LogP contribution in [0.3, 0.4) is 0 Å². The second-order valence-corrected chi connectivity index (χ2v) is 5.08. The Morgan fingerprint density at radius 2 is 2.21 bits per heavy atom. The van der Waals surface area contributed by atoms with Crippen LogP contribution in [0.4, 0.5) is 0 Å². The van der Waals surface area contributed by atoms with Gasteiger partial charge < -0.3 is 10.0 Å². The van der Waals surface area contributed by atoms with Gasteiger partial charge in [-0.1, -0.05) is 13.8 Å². The lowest BCUT2D eigenvalue weighted by molar-refractivity contribution is 0.0691. The first-order valence-electron chi connectivity index (χ1n) is 7.18. The molecule has 1 aromatic heterocycles. The molecule has 0 spiro atoms. The molecule has 2 rings (SSSR count). The normalized spacial score (nSPS) is 14.9. The summed E-state index contributed by atoms with van der Waals surface area (Å²) in [5.74, 6) is 0.000880. The Bertz CT molecular complexity index is 422. The van der Waals surface area contributed by atoms with Gasteiger partial charge in [-0.25, -0.2) is 0 Å². The van der Waals surface area contributed by atoms with E-state index >= 15 is 0 Å². The first kappa shape index (κ1) is 14.1. The predicted molar refractivity (Wildman–Crippen MR) is 73.0 cm³/mol. The van der Waals surface area contributed by atoms with E-state index in [1.807, 2.05) is 4.68 Å². The molecule has 0 saturated heterocycles. The van der Waals surface area contributed by atoms with Crippen molar-refractivity contribution in [3.63, 3.8) is 0 Å². The molecule has 1 heterocycles. The minimum absolute atomic E-state index is 0.000880. The Morgan fingerprint density at radius 1 is 1.53 bits per heavy atom. The second-order valence-electron chi connectivity index (χ2n) is 5.08. The fourth-order valence-corrected chi connectivity index (χ4v) is 2.50. The molecule has 1 amide bonds. The highest BCUT2D eigenvalue weighted by Gasteiger charge is 2.34. The van der Waals surface area contributed by atoms with E-state index in [1.54, 1.807) is 17.2 Å². The number of amides is 1. The summed E-state index contributed by atoms with van der Waals surface area (Å²) in [6, 6.07) is 2.36. The first-order valence-corrected chi connectivity index (χ1v) is 7.18. The predicted octanol–water partition coefficient (Wildman–Crippen LogP) is 1.84. The third-order valence-corrected chi connectivity index (χ3v) is 3.77. The number of carbonyl (C=O) groups excluding carboxylic acids is 1. The van der Waals surface area contributed by atoms with Crippen molar-refractivity contribution in [2.75, 3.05) is 13.2 Å². The van der Waals surface area contributed by atoms with E-state index in [9.17, 15) is 4.79 Å². The van der Waals surface area contributed by atoms with Crippen LogP contribution < -0.4 is 0 Å². The van der Waals surface area contributed by atoms with Crippen molar-refractivity contribution >= 4 is 5.91 Å². The van der Waals surface area contributed by atoms with Gasteiger partial charge in [0, 0.05) is 18.8 Å². The number of aliphatic hydroxyl groups excluding tert-OH is 1. The lowest BCUT2D eigenvalue weighted by Crippen LogP contribution is -2.37. The zero-order chi connectivity index (χ0) is 13.8. The summed E-state index contributed by atoms with van der Waals surface area (Å²) in [5.41, 5.74) is 0.647. The van der Waals surface area contributed by atoms with Crippen LogP contribution in [0.15, 0.2) is 12.3 Å². The summed E-state index contributed by atoms with van der Waals surface area (Å²) in [4.78, 5) is 14.4. The van der Waals surface area contributed by atoms with E-state index in [0.717, 1.165) is 25.7 Å². The third kappa shape index (κ3) is 2.97. The van der Waals surface area contributed by atoms with Gasteiger partial charge in [0.2, 0.25) is 0 Å². The number of hydrogen-bond acceptors (Lipinski definition) is 3. The Morgan fingerprint density at radius 3 is 2.74 bits per heavy atom. The summed E-state index contributed by atoms with van der Waals surface area (Å²) < 4.78 is 1.84. The van der Waals surface area contributed by atoms with Gasteiger partial charge in [-0.15, -0.1) is 0 Å². The fourth-order valence-electron chi connectivity index (χ4n) is 2.50. The highest BCUT2D eigenvalue weighted by molar-refractivity contribution is 5.93. The zero-order valence-electron chi connectivity index (χ0n) is 11.7. The summed E-state index contributed by atoms with van der Waals surface area (Å²) in [6.07, 6.45) is 5.70. The Hall–Kier alpha value is -1.36. The van der Waals surface area contributed by atoms with Gasteiger partial charge in [0.1, 0.15) is 5.69 Å². The van der Waals surface area contributed by atoms with Crippen molar-refractivity contribution in [2.45, 2.75) is 51.6 Å². The van der Waals surface area contributed by atoms with Crippen LogP contribution in [0.5, 0.6) is 0 Å². The maximum absolute atomic E-state index is 12.6. The van der Waals surface area contributed by atoms with E-state index in [0.29, 0.717) is 18.3 Å². The molecule has 5 nitrogen and oxygen atoms in total. The molecule has 1 aliphatic rings. The van der Waals surface area contributed by atoms with Crippen molar-refractivity contribution in [3.05, 3.63) is 18.0 Å². The van der Waals surface area contributed by atoms with Gasteiger partial charge in [-0.05, 0) is 31.7 Å². The number of carbonyl (C=O) groups is 1. The molecule has 1 saturated carbocycles. The molecule has 1 fully saturated rings. The summed E-state index contributed by atoms with van der Waals surface area (Å²) in [7, 11) is 0. The van der Waals surface area contributed by atoms with Crippen LogP contribution in [0.1, 0.15) is 56.1 Å². The van der Waals surface area contributed by atoms with E-state index in [4.69, 9.17) is 5.11 Å². The lowest BCUT2D eigenvalue weighted by Gasteiger charge is -2.23. The van der Waals surface area contributed by atoms with Gasteiger partial charge in [0.25, 0.3) is 5.91 Å². The van der Waals surface area contributed by atoms with Crippen LogP contribution in [0.2, 0.25) is 0 Å². The molecule has 0 atom stereocenters. The monoisotopic (exact) mass is 265 g/mol. The quantitative estimate of drug-likeness (QED) is 0.818. The topological polar surface area (TPSA) is 58.4 Å². The lowest BCUT2D eigenvalue weighted by atomic mass is 10.1. The third-order valence-electron chi connectivity index (χ3n) is 3.77. The number of hydrogen-bond donors (Lipinski definition) is 1. The van der Waals surface area contributed by atoms with Gasteiger partial charge >= 0.3 is 0 Å². The summed E-state index contributed by atoms with van der Waals surface area (Å²) >= 11 is 0. The van der Waals surface area contributed by atoms with Crippen molar-refractivity contribution in [2.24, 2.45) is 0 Å². The fraction of sp³-hybridized carbons (Fsp3) is 0.714. The molecule has 0 unspecified atom stereocenters. The molecular formula is C14H23N3O2. The standard InChI is InChI=1S/C14H23N3O2/c1-3-11(4-2)17-13(7-8-15-17)14(19)16(9-10-18)12-5-6-12/h7-8,11-12,18H,3-6,9-10H2,1-2H3. The van der Waals surface area contributed by atoms with Crippen LogP contribution in [0, 0.1) is 0 Å². The number of rotatable bonds is 7. The van der Waals surface area contributed by atoms with Gasteiger partial charge in [0.05, 0.1) is 12.6 Å². The molecule has 1 aromatic rings. The first-order chi connectivity index (χ1) is 9.22. The second kappa shape index (κ2) is 6.19. The van der Waals surface area contributed by atoms with E-state index in [-0.39, 0.29) is 18.6 Å². The van der Waals surface area contributed by atoms with Crippen molar-refractivity contribution in [1.82, 2.24) is 14.7 Å². The van der Waals surface area contributed by atoms with Crippen LogP contribution >= 0.6 is 0 Å². The minimum atomic E-state index is 0.000880. The number of nitrogens with zero attached hydrogens (tertiary/aromatic N) is 3. The molecule has 0 aliphatic heterocycles. The van der Waals surface area contributed by atoms with Crippen LogP contribution in [-0.2, 0) is 0 Å². The Kier molecular flexibility index (Phi) is 4.58. The highest BCUT2D eigenvalue weighted by Crippen LogP contribution is 2.28. The molecule has 1 N–H and O–H groups in total. The largest absolute Gasteiger partial charge is 0.395 e. The summed E-state index contributed by atoms with van der Waals surface area (Å²) in [5, 5.41) is 13.4. The SMILES string of the molecule is CCC(CC)n1nccc1C(=O)N(CCO)C1CC1. The number of aromatic nitrogens is 2. The molecular weight excluding hydrogens is 242 g/mol. The summed E-state index contributed by atoms with van der Waals surface area (Å²) in [6.45, 7) is 4.64. The average Bonchev–Trinajstić information content (AvgIpc) is 3.15. The molecule has 5 heteroatoms.